The van der Waals surface area contributed by atoms with Crippen molar-refractivity contribution >= 4 is 65.2 Å². The van der Waals surface area contributed by atoms with Gasteiger partial charge in [0.05, 0.1) is 44.6 Å². The van der Waals surface area contributed by atoms with E-state index in [1.165, 1.54) is 0 Å². The molecule has 0 bridgehead atoms. The van der Waals surface area contributed by atoms with Gasteiger partial charge in [0.2, 0.25) is 0 Å². The van der Waals surface area contributed by atoms with Gasteiger partial charge in [0.15, 0.2) is 0 Å². The highest BCUT2D eigenvalue weighted by Crippen LogP contribution is 2.44. The third-order valence-electron chi connectivity index (χ3n) is 11.4. The molecule has 0 unspecified atom stereocenters. The summed E-state index contributed by atoms with van der Waals surface area (Å²) in [4.78, 5) is 0. The molecule has 0 aliphatic rings. The lowest BCUT2D eigenvalue weighted by molar-refractivity contribution is 1.09. The Hall–Kier alpha value is -7.92. The molecule has 0 N–H and O–H groups in total. The van der Waals surface area contributed by atoms with E-state index in [1.807, 2.05) is 24.3 Å². The number of nitrogens with zero attached hydrogens (tertiary/aromatic N) is 4. The summed E-state index contributed by atoms with van der Waals surface area (Å²) in [6, 6.07) is 68.6. The van der Waals surface area contributed by atoms with Crippen LogP contribution in [0.1, 0.15) is 11.1 Å². The van der Waals surface area contributed by atoms with Crippen molar-refractivity contribution in [3.05, 3.63) is 193 Å². The van der Waals surface area contributed by atoms with E-state index >= 15 is 0 Å². The Morgan fingerprint density at radius 3 is 1.14 bits per heavy atom. The SMILES string of the molecule is N#Cc1cc(-n2c3ccc(-c4ccccc4)cc3c3c4ccccc4ccc32)c(-n2c3ccc(-c4ccccc4)cc3c3c4ccccc4ccc32)cc1C#N. The van der Waals surface area contributed by atoms with Crippen LogP contribution in [0.2, 0.25) is 0 Å². The summed E-state index contributed by atoms with van der Waals surface area (Å²) in [5, 5.41) is 30.2. The molecule has 2 aromatic heterocycles. The van der Waals surface area contributed by atoms with Gasteiger partial charge in [0.25, 0.3) is 0 Å². The average molecular weight is 711 g/mol. The molecule has 258 valence electrons. The minimum absolute atomic E-state index is 0.334. The first-order valence-electron chi connectivity index (χ1n) is 18.7. The van der Waals surface area contributed by atoms with E-state index in [4.69, 9.17) is 0 Å². The van der Waals surface area contributed by atoms with Crippen molar-refractivity contribution in [2.45, 2.75) is 0 Å². The zero-order chi connectivity index (χ0) is 37.3. The van der Waals surface area contributed by atoms with Crippen LogP contribution < -0.4 is 0 Å². The summed E-state index contributed by atoms with van der Waals surface area (Å²) in [5.41, 5.74) is 10.9. The number of fused-ring (bicyclic) bond motifs is 10. The second-order valence-corrected chi connectivity index (χ2v) is 14.3. The molecule has 2 heterocycles. The molecular formula is C52H30N4. The van der Waals surface area contributed by atoms with Crippen molar-refractivity contribution in [3.63, 3.8) is 0 Å². The standard InChI is InChI=1S/C52H30N4/c53-31-39-29-49(55-45-23-21-37(33-11-3-1-4-12-33)27-43(45)51-41-17-9-7-15-35(41)19-25-47(51)55)50(30-40(39)32-54)56-46-24-22-38(34-13-5-2-6-14-34)28-44(46)52-42-18-10-8-16-36(42)20-26-48(52)56/h1-30H. The lowest BCUT2D eigenvalue weighted by Gasteiger charge is -2.18. The normalized spacial score (nSPS) is 11.5. The lowest BCUT2D eigenvalue weighted by atomic mass is 10.0. The fourth-order valence-electron chi connectivity index (χ4n) is 8.84. The van der Waals surface area contributed by atoms with Crippen LogP contribution in [0.25, 0.3) is 98.8 Å². The summed E-state index contributed by atoms with van der Waals surface area (Å²) >= 11 is 0. The van der Waals surface area contributed by atoms with Gasteiger partial charge in [-0.15, -0.1) is 0 Å². The molecule has 11 aromatic rings. The van der Waals surface area contributed by atoms with Crippen molar-refractivity contribution in [1.29, 1.82) is 10.5 Å². The maximum atomic E-state index is 10.5. The van der Waals surface area contributed by atoms with Crippen molar-refractivity contribution < 1.29 is 0 Å². The van der Waals surface area contributed by atoms with Crippen LogP contribution >= 0.6 is 0 Å². The van der Waals surface area contributed by atoms with Gasteiger partial charge in [-0.25, -0.2) is 0 Å². The maximum absolute atomic E-state index is 10.5. The van der Waals surface area contributed by atoms with E-state index < -0.39 is 0 Å². The van der Waals surface area contributed by atoms with E-state index in [1.54, 1.807) is 0 Å². The molecule has 0 aliphatic carbocycles. The summed E-state index contributed by atoms with van der Waals surface area (Å²) in [6.45, 7) is 0. The van der Waals surface area contributed by atoms with Crippen LogP contribution in [0.15, 0.2) is 182 Å². The molecule has 0 saturated heterocycles. The summed E-state index contributed by atoms with van der Waals surface area (Å²) in [7, 11) is 0. The highest BCUT2D eigenvalue weighted by Gasteiger charge is 2.24. The zero-order valence-corrected chi connectivity index (χ0v) is 30.1. The Labute approximate surface area is 322 Å². The molecule has 4 nitrogen and oxygen atoms in total. The van der Waals surface area contributed by atoms with Crippen LogP contribution in [0.3, 0.4) is 0 Å². The molecule has 0 amide bonds. The Kier molecular flexibility index (Phi) is 6.95. The van der Waals surface area contributed by atoms with Crippen molar-refractivity contribution in [2.75, 3.05) is 0 Å². The van der Waals surface area contributed by atoms with Crippen LogP contribution in [0, 0.1) is 22.7 Å². The van der Waals surface area contributed by atoms with E-state index in [0.29, 0.717) is 11.1 Å². The molecule has 11 rings (SSSR count). The van der Waals surface area contributed by atoms with Crippen LogP contribution in [-0.2, 0) is 0 Å². The number of hydrogen-bond donors (Lipinski definition) is 0. The summed E-state index contributed by atoms with van der Waals surface area (Å²) in [5.74, 6) is 0. The first-order valence-corrected chi connectivity index (χ1v) is 18.7. The van der Waals surface area contributed by atoms with E-state index in [-0.39, 0.29) is 0 Å². The number of nitriles is 2. The van der Waals surface area contributed by atoms with Gasteiger partial charge in [-0.3, -0.25) is 0 Å². The molecule has 56 heavy (non-hydrogen) atoms. The minimum atomic E-state index is 0.334. The smallest absolute Gasteiger partial charge is 0.101 e. The maximum Gasteiger partial charge on any atom is 0.101 e. The largest absolute Gasteiger partial charge is 0.307 e. The minimum Gasteiger partial charge on any atom is -0.307 e. The molecule has 0 spiro atoms. The monoisotopic (exact) mass is 710 g/mol. The van der Waals surface area contributed by atoms with Crippen molar-refractivity contribution in [2.24, 2.45) is 0 Å². The fraction of sp³-hybridized carbons (Fsp3) is 0. The van der Waals surface area contributed by atoms with Gasteiger partial charge >= 0.3 is 0 Å². The number of aromatic nitrogens is 2. The first kappa shape index (κ1) is 31.6. The lowest BCUT2D eigenvalue weighted by Crippen LogP contribution is -2.05. The molecule has 0 atom stereocenters. The zero-order valence-electron chi connectivity index (χ0n) is 30.1. The second-order valence-electron chi connectivity index (χ2n) is 14.3. The average Bonchev–Trinajstić information content (AvgIpc) is 3.79. The van der Waals surface area contributed by atoms with Gasteiger partial charge in [-0.2, -0.15) is 10.5 Å². The second kappa shape index (κ2) is 12.3. The Morgan fingerprint density at radius 1 is 0.321 bits per heavy atom. The topological polar surface area (TPSA) is 57.4 Å². The number of benzene rings is 9. The number of rotatable bonds is 4. The summed E-state index contributed by atoms with van der Waals surface area (Å²) in [6.07, 6.45) is 0. The Balaban J connectivity index is 1.30. The van der Waals surface area contributed by atoms with Gasteiger partial charge in [0, 0.05) is 21.5 Å². The van der Waals surface area contributed by atoms with Crippen LogP contribution in [-0.4, -0.2) is 9.13 Å². The fourth-order valence-corrected chi connectivity index (χ4v) is 8.84. The number of hydrogen-bond acceptors (Lipinski definition) is 2. The van der Waals surface area contributed by atoms with E-state index in [9.17, 15) is 10.5 Å². The molecule has 0 radical (unpaired) electrons. The third-order valence-corrected chi connectivity index (χ3v) is 11.4. The predicted octanol–water partition coefficient (Wildman–Crippen LogP) is 13.3. The van der Waals surface area contributed by atoms with Gasteiger partial charge < -0.3 is 9.13 Å². The van der Waals surface area contributed by atoms with Crippen molar-refractivity contribution in [3.8, 4) is 45.8 Å². The van der Waals surface area contributed by atoms with E-state index in [0.717, 1.165) is 98.8 Å². The molecule has 4 heteroatoms. The molecular weight excluding hydrogens is 681 g/mol. The molecule has 0 saturated carbocycles. The molecule has 0 fully saturated rings. The van der Waals surface area contributed by atoms with Gasteiger partial charge in [-0.1, -0.05) is 133 Å². The molecule has 0 aliphatic heterocycles. The third kappa shape index (κ3) is 4.64. The first-order chi connectivity index (χ1) is 27.7. The quantitative estimate of drug-likeness (QED) is 0.183. The van der Waals surface area contributed by atoms with Crippen LogP contribution in [0.5, 0.6) is 0 Å². The van der Waals surface area contributed by atoms with Gasteiger partial charge in [-0.05, 0) is 92.3 Å². The van der Waals surface area contributed by atoms with E-state index in [2.05, 4.69) is 179 Å². The predicted molar refractivity (Wildman–Crippen MR) is 230 cm³/mol. The highest BCUT2D eigenvalue weighted by atomic mass is 15.1. The Bertz CT molecular complexity index is 3250. The highest BCUT2D eigenvalue weighted by molar-refractivity contribution is 6.23. The Morgan fingerprint density at radius 2 is 0.714 bits per heavy atom. The summed E-state index contributed by atoms with van der Waals surface area (Å²) < 4.78 is 4.58. The van der Waals surface area contributed by atoms with Crippen molar-refractivity contribution in [1.82, 2.24) is 9.13 Å². The van der Waals surface area contributed by atoms with Crippen LogP contribution in [0.4, 0.5) is 0 Å². The van der Waals surface area contributed by atoms with Gasteiger partial charge in [0.1, 0.15) is 12.1 Å². The molecule has 9 aromatic carbocycles.